The Kier molecular flexibility index (Phi) is 1.43. The van der Waals surface area contributed by atoms with E-state index in [0.29, 0.717) is 6.17 Å². The van der Waals surface area contributed by atoms with Gasteiger partial charge in [0.05, 0.1) is 5.69 Å². The fraction of sp³-hybridized carbons (Fsp3) is 0.444. The van der Waals surface area contributed by atoms with Gasteiger partial charge < -0.3 is 15.5 Å². The molecule has 0 saturated carbocycles. The SMILES string of the molecule is c1cnc2c(c1)NC1CNCCN21. The van der Waals surface area contributed by atoms with Crippen LogP contribution >= 0.6 is 0 Å². The largest absolute Gasteiger partial charge is 0.361 e. The highest BCUT2D eigenvalue weighted by atomic mass is 15.4. The van der Waals surface area contributed by atoms with E-state index in [4.69, 9.17) is 0 Å². The van der Waals surface area contributed by atoms with Crippen LogP contribution in [0.25, 0.3) is 0 Å². The van der Waals surface area contributed by atoms with E-state index in [-0.39, 0.29) is 0 Å². The number of fused-ring (bicyclic) bond motifs is 3. The van der Waals surface area contributed by atoms with Crippen molar-refractivity contribution >= 4 is 11.5 Å². The molecule has 0 aliphatic carbocycles. The van der Waals surface area contributed by atoms with Crippen molar-refractivity contribution in [1.82, 2.24) is 10.3 Å². The second-order valence-electron chi connectivity index (χ2n) is 3.43. The molecular formula is C9H12N4. The lowest BCUT2D eigenvalue weighted by atomic mass is 10.3. The van der Waals surface area contributed by atoms with Gasteiger partial charge in [-0.1, -0.05) is 0 Å². The monoisotopic (exact) mass is 176 g/mol. The van der Waals surface area contributed by atoms with Crippen molar-refractivity contribution < 1.29 is 0 Å². The summed E-state index contributed by atoms with van der Waals surface area (Å²) in [6.45, 7) is 3.09. The van der Waals surface area contributed by atoms with Crippen LogP contribution in [0.2, 0.25) is 0 Å². The van der Waals surface area contributed by atoms with Crippen LogP contribution in [0.3, 0.4) is 0 Å². The number of hydrogen-bond acceptors (Lipinski definition) is 4. The van der Waals surface area contributed by atoms with Crippen molar-refractivity contribution in [3.8, 4) is 0 Å². The van der Waals surface area contributed by atoms with Gasteiger partial charge in [-0.25, -0.2) is 4.98 Å². The maximum absolute atomic E-state index is 4.38. The fourth-order valence-corrected chi connectivity index (χ4v) is 2.00. The van der Waals surface area contributed by atoms with Gasteiger partial charge in [0.15, 0.2) is 5.82 Å². The van der Waals surface area contributed by atoms with Crippen molar-refractivity contribution in [3.63, 3.8) is 0 Å². The van der Waals surface area contributed by atoms with Crippen LogP contribution in [0.15, 0.2) is 18.3 Å². The van der Waals surface area contributed by atoms with Gasteiger partial charge in [-0.2, -0.15) is 0 Å². The zero-order valence-corrected chi connectivity index (χ0v) is 7.33. The van der Waals surface area contributed by atoms with Gasteiger partial charge in [0.25, 0.3) is 0 Å². The highest BCUT2D eigenvalue weighted by Crippen LogP contribution is 2.31. The van der Waals surface area contributed by atoms with Gasteiger partial charge in [0.1, 0.15) is 6.17 Å². The molecule has 13 heavy (non-hydrogen) atoms. The lowest BCUT2D eigenvalue weighted by Crippen LogP contribution is -2.52. The van der Waals surface area contributed by atoms with Crippen LogP contribution in [0, 0.1) is 0 Å². The lowest BCUT2D eigenvalue weighted by molar-refractivity contribution is 0.520. The van der Waals surface area contributed by atoms with Crippen molar-refractivity contribution in [2.24, 2.45) is 0 Å². The number of hydrogen-bond donors (Lipinski definition) is 2. The summed E-state index contributed by atoms with van der Waals surface area (Å²) in [5.74, 6) is 1.11. The predicted molar refractivity (Wildman–Crippen MR) is 51.9 cm³/mol. The normalized spacial score (nSPS) is 24.9. The van der Waals surface area contributed by atoms with Crippen LogP contribution in [0.5, 0.6) is 0 Å². The number of nitrogens with zero attached hydrogens (tertiary/aromatic N) is 2. The topological polar surface area (TPSA) is 40.2 Å². The van der Waals surface area contributed by atoms with Crippen molar-refractivity contribution in [2.75, 3.05) is 29.9 Å². The Morgan fingerprint density at radius 3 is 3.54 bits per heavy atom. The zero-order chi connectivity index (χ0) is 8.67. The Labute approximate surface area is 77.0 Å². The molecule has 1 saturated heterocycles. The molecule has 2 aliphatic heterocycles. The molecule has 1 aromatic rings. The van der Waals surface area contributed by atoms with E-state index in [1.807, 2.05) is 12.3 Å². The summed E-state index contributed by atoms with van der Waals surface area (Å²) in [4.78, 5) is 6.70. The number of aromatic nitrogens is 1. The third-order valence-corrected chi connectivity index (χ3v) is 2.62. The Morgan fingerprint density at radius 1 is 1.54 bits per heavy atom. The third-order valence-electron chi connectivity index (χ3n) is 2.62. The van der Waals surface area contributed by atoms with Crippen LogP contribution in [0.1, 0.15) is 0 Å². The minimum absolute atomic E-state index is 0.402. The molecule has 0 bridgehead atoms. The maximum Gasteiger partial charge on any atom is 0.153 e. The molecule has 0 amide bonds. The summed E-state index contributed by atoms with van der Waals surface area (Å²) in [7, 11) is 0. The van der Waals surface area contributed by atoms with E-state index in [0.717, 1.165) is 31.1 Å². The molecule has 1 unspecified atom stereocenters. The van der Waals surface area contributed by atoms with Crippen LogP contribution in [-0.2, 0) is 0 Å². The average molecular weight is 176 g/mol. The molecule has 2 N–H and O–H groups in total. The van der Waals surface area contributed by atoms with Crippen LogP contribution < -0.4 is 15.5 Å². The number of anilines is 2. The second-order valence-corrected chi connectivity index (χ2v) is 3.43. The van der Waals surface area contributed by atoms with E-state index >= 15 is 0 Å². The van der Waals surface area contributed by atoms with Gasteiger partial charge >= 0.3 is 0 Å². The van der Waals surface area contributed by atoms with E-state index in [1.165, 1.54) is 0 Å². The highest BCUT2D eigenvalue weighted by molar-refractivity contribution is 5.72. The third kappa shape index (κ3) is 0.986. The average Bonchev–Trinajstić information content (AvgIpc) is 2.56. The first-order valence-corrected chi connectivity index (χ1v) is 4.64. The molecule has 1 atom stereocenters. The summed E-state index contributed by atoms with van der Waals surface area (Å²) in [6.07, 6.45) is 2.25. The standard InChI is InChI=1S/C9H12N4/c1-2-7-9(11-3-1)13-5-4-10-6-8(13)12-7/h1-3,8,10,12H,4-6H2. The van der Waals surface area contributed by atoms with Crippen LogP contribution in [-0.4, -0.2) is 30.8 Å². The number of pyridine rings is 1. The van der Waals surface area contributed by atoms with Gasteiger partial charge in [0.2, 0.25) is 0 Å². The Morgan fingerprint density at radius 2 is 2.54 bits per heavy atom. The molecule has 1 fully saturated rings. The molecule has 3 heterocycles. The minimum atomic E-state index is 0.402. The van der Waals surface area contributed by atoms with Crippen LogP contribution in [0.4, 0.5) is 11.5 Å². The molecule has 1 aromatic heterocycles. The molecular weight excluding hydrogens is 164 g/mol. The molecule has 0 spiro atoms. The number of rotatable bonds is 0. The van der Waals surface area contributed by atoms with Crippen molar-refractivity contribution in [2.45, 2.75) is 6.17 Å². The molecule has 3 rings (SSSR count). The van der Waals surface area contributed by atoms with Gasteiger partial charge in [-0.3, -0.25) is 0 Å². The number of piperazine rings is 1. The molecule has 4 heteroatoms. The Balaban J connectivity index is 2.01. The van der Waals surface area contributed by atoms with Crippen molar-refractivity contribution in [3.05, 3.63) is 18.3 Å². The van der Waals surface area contributed by atoms with Gasteiger partial charge in [0, 0.05) is 25.8 Å². The molecule has 0 radical (unpaired) electrons. The fourth-order valence-electron chi connectivity index (χ4n) is 2.00. The van der Waals surface area contributed by atoms with E-state index in [1.54, 1.807) is 0 Å². The Hall–Kier alpha value is -1.29. The zero-order valence-electron chi connectivity index (χ0n) is 7.33. The quantitative estimate of drug-likeness (QED) is 0.594. The van der Waals surface area contributed by atoms with Crippen molar-refractivity contribution in [1.29, 1.82) is 0 Å². The smallest absolute Gasteiger partial charge is 0.153 e. The summed E-state index contributed by atoms with van der Waals surface area (Å²) in [6, 6.07) is 4.05. The first kappa shape index (κ1) is 7.15. The summed E-state index contributed by atoms with van der Waals surface area (Å²) >= 11 is 0. The van der Waals surface area contributed by atoms with Gasteiger partial charge in [-0.15, -0.1) is 0 Å². The van der Waals surface area contributed by atoms with Gasteiger partial charge in [-0.05, 0) is 12.1 Å². The Bertz CT molecular complexity index is 325. The summed E-state index contributed by atoms with van der Waals surface area (Å²) in [5.41, 5.74) is 1.16. The molecule has 0 aromatic carbocycles. The number of nitrogens with one attached hydrogen (secondary N) is 2. The molecule has 68 valence electrons. The maximum atomic E-state index is 4.38. The molecule has 2 aliphatic rings. The summed E-state index contributed by atoms with van der Waals surface area (Å²) in [5, 5.41) is 6.80. The second kappa shape index (κ2) is 2.60. The highest BCUT2D eigenvalue weighted by Gasteiger charge is 2.30. The van der Waals surface area contributed by atoms with E-state index in [9.17, 15) is 0 Å². The van der Waals surface area contributed by atoms with E-state index < -0.39 is 0 Å². The summed E-state index contributed by atoms with van der Waals surface area (Å²) < 4.78 is 0. The first-order chi connectivity index (χ1) is 6.45. The van der Waals surface area contributed by atoms with E-state index in [2.05, 4.69) is 26.6 Å². The minimum Gasteiger partial charge on any atom is -0.361 e. The first-order valence-electron chi connectivity index (χ1n) is 4.64. The molecule has 4 nitrogen and oxygen atoms in total. The lowest BCUT2D eigenvalue weighted by Gasteiger charge is -2.30. The predicted octanol–water partition coefficient (Wildman–Crippen LogP) is 0.243.